The molecule has 0 saturated carbocycles. The molecule has 4 aromatic rings. The number of anilines is 1. The van der Waals surface area contributed by atoms with Gasteiger partial charge in [-0.3, -0.25) is 0 Å². The fraction of sp³-hybridized carbons (Fsp3) is 0.290. The van der Waals surface area contributed by atoms with E-state index in [2.05, 4.69) is 87.2 Å². The molecule has 0 bridgehead atoms. The third-order valence-electron chi connectivity index (χ3n) is 7.29. The van der Waals surface area contributed by atoms with Gasteiger partial charge in [-0.05, 0) is 68.7 Å². The second-order valence-corrected chi connectivity index (χ2v) is 10.2. The first-order valence-corrected chi connectivity index (χ1v) is 12.1. The Labute approximate surface area is 207 Å². The number of aryl methyl sites for hydroxylation is 2. The number of para-hydroxylation sites is 1. The number of methoxy groups -OCH3 is 1. The highest BCUT2D eigenvalue weighted by Gasteiger charge is 2.40. The number of rotatable bonds is 2. The number of aromatic amines is 1. The lowest BCUT2D eigenvalue weighted by Crippen LogP contribution is -2.50. The molecule has 2 atom stereocenters. The summed E-state index contributed by atoms with van der Waals surface area (Å²) in [5, 5.41) is 16.0. The van der Waals surface area contributed by atoms with Gasteiger partial charge in [0.2, 0.25) is 0 Å². The number of aliphatic hydroxyl groups is 1. The molecule has 0 amide bonds. The van der Waals surface area contributed by atoms with Crippen LogP contribution in [-0.2, 0) is 0 Å². The van der Waals surface area contributed by atoms with E-state index in [0.29, 0.717) is 0 Å². The van der Waals surface area contributed by atoms with Gasteiger partial charge in [0.05, 0.1) is 24.3 Å². The van der Waals surface area contributed by atoms with Gasteiger partial charge in [0.15, 0.2) is 0 Å². The van der Waals surface area contributed by atoms with E-state index in [9.17, 15) is 5.11 Å². The lowest BCUT2D eigenvalue weighted by molar-refractivity contribution is 0.0868. The zero-order valence-electron chi connectivity index (χ0n) is 21.2. The van der Waals surface area contributed by atoms with Crippen molar-refractivity contribution in [1.29, 1.82) is 0 Å². The number of benzene rings is 3. The molecule has 4 heteroatoms. The fourth-order valence-corrected chi connectivity index (χ4v) is 5.35. The summed E-state index contributed by atoms with van der Waals surface area (Å²) >= 11 is 0. The normalized spacial score (nSPS) is 18.4. The maximum atomic E-state index is 11.2. The minimum absolute atomic E-state index is 0.0842. The van der Waals surface area contributed by atoms with Crippen molar-refractivity contribution in [3.05, 3.63) is 82.5 Å². The summed E-state index contributed by atoms with van der Waals surface area (Å²) in [4.78, 5) is 3.47. The maximum absolute atomic E-state index is 11.2. The van der Waals surface area contributed by atoms with Crippen molar-refractivity contribution in [1.82, 2.24) is 4.98 Å². The Bertz CT molecular complexity index is 1500. The molecule has 1 aromatic heterocycles. The van der Waals surface area contributed by atoms with E-state index in [1.165, 1.54) is 10.9 Å². The van der Waals surface area contributed by atoms with Crippen LogP contribution in [0.25, 0.3) is 22.0 Å². The molecule has 35 heavy (non-hydrogen) atoms. The lowest BCUT2D eigenvalue weighted by atomic mass is 9.75. The number of hydrogen-bond acceptors (Lipinski definition) is 3. The van der Waals surface area contributed by atoms with Gasteiger partial charge in [0.1, 0.15) is 5.75 Å². The Morgan fingerprint density at radius 2 is 1.74 bits per heavy atom. The van der Waals surface area contributed by atoms with Crippen molar-refractivity contribution in [2.24, 2.45) is 0 Å². The molecule has 0 unspecified atom stereocenters. The van der Waals surface area contributed by atoms with Crippen molar-refractivity contribution < 1.29 is 9.84 Å². The Kier molecular flexibility index (Phi) is 5.62. The van der Waals surface area contributed by atoms with E-state index >= 15 is 0 Å². The van der Waals surface area contributed by atoms with Crippen LogP contribution in [0.2, 0.25) is 0 Å². The summed E-state index contributed by atoms with van der Waals surface area (Å²) in [6, 6.07) is 16.4. The molecule has 3 N–H and O–H groups in total. The zero-order chi connectivity index (χ0) is 24.9. The highest BCUT2D eigenvalue weighted by atomic mass is 16.5. The van der Waals surface area contributed by atoms with Crippen LogP contribution in [0.1, 0.15) is 54.5 Å². The molecule has 5 rings (SSSR count). The number of fused-ring (bicyclic) bond motifs is 2. The number of hydrogen-bond donors (Lipinski definition) is 3. The number of H-pyrrole nitrogens is 1. The number of ether oxygens (including phenoxy) is 1. The van der Waals surface area contributed by atoms with Crippen molar-refractivity contribution in [2.45, 2.75) is 52.2 Å². The standard InChI is InChI=1S/C31H32N2O2/c1-18-15-26(25-12-8-11-23-19(2)17-32-29(23)25)24(14-13-21-9-7-10-22(16-21)35-6)27-20(3)30(34)31(4,5)33-28(18)27/h7-12,15-17,20,30,32-34H,1-6H3/t20-,30+/m0/s1. The van der Waals surface area contributed by atoms with Crippen LogP contribution in [0, 0.1) is 25.7 Å². The second-order valence-electron chi connectivity index (χ2n) is 10.2. The number of nitrogens with one attached hydrogen (secondary N) is 2. The largest absolute Gasteiger partial charge is 0.497 e. The van der Waals surface area contributed by atoms with Crippen molar-refractivity contribution in [2.75, 3.05) is 12.4 Å². The van der Waals surface area contributed by atoms with Gasteiger partial charge in [-0.1, -0.05) is 43.0 Å². The predicted molar refractivity (Wildman–Crippen MR) is 144 cm³/mol. The summed E-state index contributed by atoms with van der Waals surface area (Å²) in [6.45, 7) is 10.5. The third kappa shape index (κ3) is 3.87. The quantitative estimate of drug-likeness (QED) is 0.296. The molecular formula is C31H32N2O2. The van der Waals surface area contributed by atoms with Crippen LogP contribution in [-0.4, -0.2) is 28.8 Å². The summed E-state index contributed by atoms with van der Waals surface area (Å²) in [5.41, 5.74) is 9.19. The molecule has 0 aliphatic carbocycles. The molecule has 0 fully saturated rings. The van der Waals surface area contributed by atoms with E-state index < -0.39 is 11.6 Å². The second kappa shape index (κ2) is 8.52. The molecule has 2 heterocycles. The van der Waals surface area contributed by atoms with Crippen molar-refractivity contribution in [3.8, 4) is 28.7 Å². The first kappa shape index (κ1) is 23.1. The van der Waals surface area contributed by atoms with Crippen molar-refractivity contribution in [3.63, 3.8) is 0 Å². The van der Waals surface area contributed by atoms with Crippen LogP contribution in [0.4, 0.5) is 5.69 Å². The summed E-state index contributed by atoms with van der Waals surface area (Å²) < 4.78 is 5.40. The maximum Gasteiger partial charge on any atom is 0.120 e. The summed E-state index contributed by atoms with van der Waals surface area (Å²) in [6.07, 6.45) is 1.50. The Hall–Kier alpha value is -3.68. The Balaban J connectivity index is 1.81. The fourth-order valence-electron chi connectivity index (χ4n) is 5.35. The van der Waals surface area contributed by atoms with Gasteiger partial charge in [0, 0.05) is 45.4 Å². The van der Waals surface area contributed by atoms with Gasteiger partial charge < -0.3 is 20.1 Å². The molecule has 0 spiro atoms. The molecule has 0 saturated heterocycles. The monoisotopic (exact) mass is 464 g/mol. The van der Waals surface area contributed by atoms with Gasteiger partial charge in [-0.2, -0.15) is 0 Å². The minimum Gasteiger partial charge on any atom is -0.497 e. The third-order valence-corrected chi connectivity index (χ3v) is 7.29. The molecule has 3 aromatic carbocycles. The number of aliphatic hydroxyl groups excluding tert-OH is 1. The SMILES string of the molecule is COc1cccc(C#Cc2c(-c3cccc4c(C)c[nH]c34)cc(C)c3c2[C@H](C)[C@@H](O)C(C)(C)N3)c1. The van der Waals surface area contributed by atoms with E-state index in [0.717, 1.165) is 50.3 Å². The molecule has 0 radical (unpaired) electrons. The first-order chi connectivity index (χ1) is 16.7. The average Bonchev–Trinajstić information content (AvgIpc) is 3.23. The first-order valence-electron chi connectivity index (χ1n) is 12.1. The molecule has 1 aliphatic heterocycles. The lowest BCUT2D eigenvalue weighted by Gasteiger charge is -2.43. The van der Waals surface area contributed by atoms with Gasteiger partial charge >= 0.3 is 0 Å². The summed E-state index contributed by atoms with van der Waals surface area (Å²) in [7, 11) is 1.66. The molecule has 4 nitrogen and oxygen atoms in total. The van der Waals surface area contributed by atoms with Crippen molar-refractivity contribution >= 4 is 16.6 Å². The Morgan fingerprint density at radius 3 is 2.51 bits per heavy atom. The number of aromatic nitrogens is 1. The van der Waals surface area contributed by atoms with Gasteiger partial charge in [-0.25, -0.2) is 0 Å². The highest BCUT2D eigenvalue weighted by molar-refractivity contribution is 5.98. The topological polar surface area (TPSA) is 57.3 Å². The molecule has 178 valence electrons. The van der Waals surface area contributed by atoms with E-state index in [4.69, 9.17) is 4.74 Å². The highest BCUT2D eigenvalue weighted by Crippen LogP contribution is 2.46. The smallest absolute Gasteiger partial charge is 0.120 e. The van der Waals surface area contributed by atoms with Crippen LogP contribution >= 0.6 is 0 Å². The van der Waals surface area contributed by atoms with E-state index in [1.807, 2.05) is 24.3 Å². The van der Waals surface area contributed by atoms with Crippen LogP contribution < -0.4 is 10.1 Å². The average molecular weight is 465 g/mol. The zero-order valence-corrected chi connectivity index (χ0v) is 21.2. The summed E-state index contributed by atoms with van der Waals surface area (Å²) in [5.74, 6) is 7.58. The molecular weight excluding hydrogens is 432 g/mol. The predicted octanol–water partition coefficient (Wildman–Crippen LogP) is 6.53. The van der Waals surface area contributed by atoms with Crippen LogP contribution in [0.15, 0.2) is 54.7 Å². The molecule has 1 aliphatic rings. The Morgan fingerprint density at radius 1 is 0.971 bits per heavy atom. The van der Waals surface area contributed by atoms with Crippen LogP contribution in [0.5, 0.6) is 5.75 Å². The van der Waals surface area contributed by atoms with Gasteiger partial charge in [-0.15, -0.1) is 0 Å². The van der Waals surface area contributed by atoms with Gasteiger partial charge in [0.25, 0.3) is 0 Å². The minimum atomic E-state index is -0.550. The van der Waals surface area contributed by atoms with Crippen LogP contribution in [0.3, 0.4) is 0 Å². The van der Waals surface area contributed by atoms with E-state index in [-0.39, 0.29) is 5.92 Å². The van der Waals surface area contributed by atoms with E-state index in [1.54, 1.807) is 7.11 Å².